The summed E-state index contributed by atoms with van der Waals surface area (Å²) in [5, 5.41) is 23.1. The highest BCUT2D eigenvalue weighted by Gasteiger charge is 2.18. The molecule has 4 nitrogen and oxygen atoms in total. The molecule has 0 aromatic heterocycles. The van der Waals surface area contributed by atoms with Crippen molar-refractivity contribution in [1.29, 1.82) is 0 Å². The molecule has 0 bridgehead atoms. The van der Waals surface area contributed by atoms with Gasteiger partial charge in [-0.2, -0.15) is 0 Å². The number of unbranched alkanes of at least 4 members (excludes halogenated alkanes) is 41. The Morgan fingerprint density at radius 2 is 0.661 bits per heavy atom. The van der Waals surface area contributed by atoms with Gasteiger partial charge in [0.15, 0.2) is 0 Å². The van der Waals surface area contributed by atoms with Crippen molar-refractivity contribution in [3.63, 3.8) is 0 Å². The second kappa shape index (κ2) is 48.5. The molecule has 0 saturated carbocycles. The lowest BCUT2D eigenvalue weighted by atomic mass is 10.0. The van der Waals surface area contributed by atoms with Gasteiger partial charge < -0.3 is 15.5 Å². The third kappa shape index (κ3) is 44.2. The van der Waals surface area contributed by atoms with Crippen LogP contribution in [0.2, 0.25) is 0 Å². The predicted molar refractivity (Wildman–Crippen MR) is 249 cm³/mol. The van der Waals surface area contributed by atoms with Crippen LogP contribution in [0.3, 0.4) is 0 Å². The molecule has 2 atom stereocenters. The van der Waals surface area contributed by atoms with Crippen LogP contribution in [0.4, 0.5) is 0 Å². The number of nitrogens with one attached hydrogen (secondary N) is 1. The summed E-state index contributed by atoms with van der Waals surface area (Å²) in [6.07, 6.45) is 62.1. The zero-order valence-electron chi connectivity index (χ0n) is 38.4. The van der Waals surface area contributed by atoms with Crippen molar-refractivity contribution in [3.8, 4) is 0 Å². The topological polar surface area (TPSA) is 69.6 Å². The van der Waals surface area contributed by atoms with Crippen molar-refractivity contribution in [1.82, 2.24) is 5.32 Å². The van der Waals surface area contributed by atoms with Crippen molar-refractivity contribution in [2.45, 2.75) is 309 Å². The molecule has 0 heterocycles. The van der Waals surface area contributed by atoms with Crippen LogP contribution in [0.1, 0.15) is 296 Å². The van der Waals surface area contributed by atoms with Crippen LogP contribution in [0, 0.1) is 0 Å². The smallest absolute Gasteiger partial charge is 0.220 e. The quantitative estimate of drug-likeness (QED) is 0.0425. The molecule has 4 heteroatoms. The molecule has 0 aromatic carbocycles. The van der Waals surface area contributed by atoms with Gasteiger partial charge in [0.2, 0.25) is 5.91 Å². The number of aliphatic hydroxyl groups is 2. The number of aliphatic hydroxyl groups excluding tert-OH is 2. The fourth-order valence-corrected chi connectivity index (χ4v) is 8.30. The summed E-state index contributed by atoms with van der Waals surface area (Å²) >= 11 is 0. The Morgan fingerprint density at radius 3 is 0.929 bits per heavy atom. The van der Waals surface area contributed by atoms with E-state index < -0.39 is 12.1 Å². The maximum atomic E-state index is 12.4. The lowest BCUT2D eigenvalue weighted by Gasteiger charge is -2.20. The molecule has 0 aromatic rings. The van der Waals surface area contributed by atoms with Crippen LogP contribution in [-0.2, 0) is 4.79 Å². The number of hydrogen-bond donors (Lipinski definition) is 3. The Labute approximate surface area is 352 Å². The van der Waals surface area contributed by atoms with Crippen LogP contribution in [0.5, 0.6) is 0 Å². The minimum absolute atomic E-state index is 0.0567. The van der Waals surface area contributed by atoms with Gasteiger partial charge in [0.1, 0.15) is 0 Å². The molecule has 0 saturated heterocycles. The van der Waals surface area contributed by atoms with Gasteiger partial charge >= 0.3 is 0 Å². The summed E-state index contributed by atoms with van der Waals surface area (Å²) in [4.78, 5) is 12.4. The van der Waals surface area contributed by atoms with Gasteiger partial charge in [0.25, 0.3) is 0 Å². The highest BCUT2D eigenvalue weighted by Crippen LogP contribution is 2.17. The van der Waals surface area contributed by atoms with Crippen molar-refractivity contribution in [2.24, 2.45) is 0 Å². The van der Waals surface area contributed by atoms with E-state index in [1.807, 2.05) is 6.08 Å². The minimum Gasteiger partial charge on any atom is -0.394 e. The third-order valence-electron chi connectivity index (χ3n) is 12.3. The van der Waals surface area contributed by atoms with Gasteiger partial charge in [-0.1, -0.05) is 283 Å². The second-order valence-corrected chi connectivity index (χ2v) is 18.0. The van der Waals surface area contributed by atoms with Crippen LogP contribution in [0.15, 0.2) is 12.2 Å². The lowest BCUT2D eigenvalue weighted by Crippen LogP contribution is -2.45. The van der Waals surface area contributed by atoms with Crippen molar-refractivity contribution in [2.75, 3.05) is 6.61 Å². The average molecular weight is 790 g/mol. The summed E-state index contributed by atoms with van der Waals surface area (Å²) in [6.45, 7) is 4.35. The average Bonchev–Trinajstić information content (AvgIpc) is 3.20. The molecule has 3 N–H and O–H groups in total. The normalized spacial score (nSPS) is 12.9. The van der Waals surface area contributed by atoms with Crippen LogP contribution in [0.25, 0.3) is 0 Å². The van der Waals surface area contributed by atoms with Gasteiger partial charge in [-0.3, -0.25) is 4.79 Å². The van der Waals surface area contributed by atoms with Gasteiger partial charge in [-0.25, -0.2) is 0 Å². The summed E-state index contributed by atoms with van der Waals surface area (Å²) in [5.74, 6) is -0.0567. The van der Waals surface area contributed by atoms with E-state index in [1.54, 1.807) is 6.08 Å². The van der Waals surface area contributed by atoms with E-state index in [9.17, 15) is 15.0 Å². The molecule has 334 valence electrons. The third-order valence-corrected chi connectivity index (χ3v) is 12.3. The second-order valence-electron chi connectivity index (χ2n) is 18.0. The van der Waals surface area contributed by atoms with Crippen molar-refractivity contribution < 1.29 is 15.0 Å². The van der Waals surface area contributed by atoms with E-state index >= 15 is 0 Å². The molecule has 0 radical (unpaired) electrons. The van der Waals surface area contributed by atoms with Crippen LogP contribution < -0.4 is 5.32 Å². The minimum atomic E-state index is -0.835. The molecule has 0 aliphatic heterocycles. The summed E-state index contributed by atoms with van der Waals surface area (Å²) in [7, 11) is 0. The highest BCUT2D eigenvalue weighted by atomic mass is 16.3. The number of allylic oxidation sites excluding steroid dienone is 1. The van der Waals surface area contributed by atoms with Gasteiger partial charge in [-0.05, 0) is 19.3 Å². The van der Waals surface area contributed by atoms with E-state index in [-0.39, 0.29) is 12.5 Å². The van der Waals surface area contributed by atoms with E-state index in [4.69, 9.17) is 0 Å². The fraction of sp³-hybridized carbons (Fsp3) is 0.942. The Hall–Kier alpha value is -0.870. The molecule has 0 aliphatic rings. The zero-order valence-corrected chi connectivity index (χ0v) is 38.4. The number of hydrogen-bond acceptors (Lipinski definition) is 3. The van der Waals surface area contributed by atoms with Gasteiger partial charge in [0, 0.05) is 6.42 Å². The molecule has 0 aliphatic carbocycles. The monoisotopic (exact) mass is 790 g/mol. The van der Waals surface area contributed by atoms with Crippen LogP contribution in [-0.4, -0.2) is 34.9 Å². The molecular formula is C52H103NO3. The largest absolute Gasteiger partial charge is 0.394 e. The maximum Gasteiger partial charge on any atom is 0.220 e. The lowest BCUT2D eigenvalue weighted by molar-refractivity contribution is -0.123. The molecule has 56 heavy (non-hydrogen) atoms. The van der Waals surface area contributed by atoms with Gasteiger partial charge in [-0.15, -0.1) is 0 Å². The Bertz CT molecular complexity index is 769. The molecule has 0 rings (SSSR count). The fourth-order valence-electron chi connectivity index (χ4n) is 8.30. The van der Waals surface area contributed by atoms with E-state index in [1.165, 1.54) is 250 Å². The van der Waals surface area contributed by atoms with Crippen LogP contribution >= 0.6 is 0 Å². The van der Waals surface area contributed by atoms with Crippen molar-refractivity contribution in [3.05, 3.63) is 12.2 Å². The van der Waals surface area contributed by atoms with Gasteiger partial charge in [0.05, 0.1) is 18.8 Å². The SMILES string of the molecule is CCCCCCCCCCCCCCCCCCCCCC/C=C/C(O)C(CO)NC(=O)CCCCCCCCCCCCCCCCCCCCCCCC. The maximum absolute atomic E-state index is 12.4. The summed E-state index contributed by atoms with van der Waals surface area (Å²) in [6, 6.07) is -0.617. The molecule has 0 fully saturated rings. The number of carbonyl (C=O) groups excluding carboxylic acids is 1. The molecule has 2 unspecified atom stereocenters. The van der Waals surface area contributed by atoms with E-state index in [0.717, 1.165) is 25.7 Å². The summed E-state index contributed by atoms with van der Waals surface area (Å²) in [5.41, 5.74) is 0. The molecule has 0 spiro atoms. The summed E-state index contributed by atoms with van der Waals surface area (Å²) < 4.78 is 0. The van der Waals surface area contributed by atoms with E-state index in [0.29, 0.717) is 6.42 Å². The first-order chi connectivity index (χ1) is 27.7. The zero-order chi connectivity index (χ0) is 40.7. The molecule has 1 amide bonds. The Morgan fingerprint density at radius 1 is 0.411 bits per heavy atom. The standard InChI is InChI=1S/C52H103NO3/c1-3-5-7-9-11-13-15-17-19-21-23-25-27-29-31-33-35-37-39-41-43-45-47-51(55)50(49-54)53-52(56)48-46-44-42-40-38-36-34-32-30-28-26-24-22-20-18-16-14-12-10-8-6-4-2/h45,47,50-51,54-55H,3-44,46,48-49H2,1-2H3,(H,53,56)/b47-45+. The van der Waals surface area contributed by atoms with E-state index in [2.05, 4.69) is 19.2 Å². The van der Waals surface area contributed by atoms with Crippen molar-refractivity contribution >= 4 is 5.91 Å². The first kappa shape index (κ1) is 55.1. The highest BCUT2D eigenvalue weighted by molar-refractivity contribution is 5.76. The Balaban J connectivity index is 3.47. The Kier molecular flexibility index (Phi) is 47.7. The number of rotatable bonds is 48. The number of carbonyl (C=O) groups is 1. The number of amides is 1. The first-order valence-corrected chi connectivity index (χ1v) is 25.9. The predicted octanol–water partition coefficient (Wildman–Crippen LogP) is 16.6. The molecular weight excluding hydrogens is 687 g/mol. The first-order valence-electron chi connectivity index (χ1n) is 25.9.